The highest BCUT2D eigenvalue weighted by molar-refractivity contribution is 7.88. The van der Waals surface area contributed by atoms with E-state index in [1.807, 2.05) is 13.8 Å². The van der Waals surface area contributed by atoms with Crippen LogP contribution in [0.25, 0.3) is 0 Å². The van der Waals surface area contributed by atoms with E-state index in [0.29, 0.717) is 5.56 Å². The first-order valence-corrected chi connectivity index (χ1v) is 8.96. The fourth-order valence-electron chi connectivity index (χ4n) is 1.93. The van der Waals surface area contributed by atoms with Gasteiger partial charge >= 0.3 is 5.97 Å². The number of aromatic carboxylic acids is 1. The van der Waals surface area contributed by atoms with Crippen LogP contribution in [0.2, 0.25) is 0 Å². The van der Waals surface area contributed by atoms with Crippen LogP contribution in [0.1, 0.15) is 31.5 Å². The highest BCUT2D eigenvalue weighted by Crippen LogP contribution is 2.17. The third-order valence-electron chi connectivity index (χ3n) is 3.01. The van der Waals surface area contributed by atoms with Crippen LogP contribution >= 0.6 is 11.3 Å². The van der Waals surface area contributed by atoms with Gasteiger partial charge in [0.1, 0.15) is 0 Å². The minimum Gasteiger partial charge on any atom is -0.478 e. The van der Waals surface area contributed by atoms with Crippen molar-refractivity contribution in [2.45, 2.75) is 26.1 Å². The molecule has 0 spiro atoms. The summed E-state index contributed by atoms with van der Waals surface area (Å²) in [7, 11) is -3.49. The molecule has 0 bridgehead atoms. The van der Waals surface area contributed by atoms with Crippen LogP contribution < -0.4 is 4.72 Å². The Morgan fingerprint density at radius 3 is 2.41 bits per heavy atom. The molecule has 1 heterocycles. The molecule has 2 aromatic rings. The maximum atomic E-state index is 12.1. The third-order valence-corrected chi connectivity index (χ3v) is 5.38. The summed E-state index contributed by atoms with van der Waals surface area (Å²) >= 11 is 1.46. The first-order valence-electron chi connectivity index (χ1n) is 6.49. The second-order valence-corrected chi connectivity index (χ2v) is 7.92. The lowest BCUT2D eigenvalue weighted by Crippen LogP contribution is -2.24. The molecule has 8 heteroatoms. The van der Waals surface area contributed by atoms with Crippen molar-refractivity contribution in [2.75, 3.05) is 0 Å². The minimum atomic E-state index is -3.49. The summed E-state index contributed by atoms with van der Waals surface area (Å²) in [5.74, 6) is -1.23. The summed E-state index contributed by atoms with van der Waals surface area (Å²) in [5.41, 5.74) is 1.50. The van der Waals surface area contributed by atoms with Gasteiger partial charge in [0.25, 0.3) is 0 Å². The molecule has 0 saturated heterocycles. The Labute approximate surface area is 132 Å². The van der Waals surface area contributed by atoms with Gasteiger partial charge in [-0.25, -0.2) is 22.9 Å². The van der Waals surface area contributed by atoms with Crippen LogP contribution in [0.4, 0.5) is 0 Å². The van der Waals surface area contributed by atoms with Gasteiger partial charge < -0.3 is 5.11 Å². The third kappa shape index (κ3) is 4.36. The fourth-order valence-corrected chi connectivity index (χ4v) is 3.99. The van der Waals surface area contributed by atoms with Crippen molar-refractivity contribution < 1.29 is 18.3 Å². The number of hydrogen-bond acceptors (Lipinski definition) is 5. The topological polar surface area (TPSA) is 96.4 Å². The minimum absolute atomic E-state index is 0.130. The Bertz CT molecular complexity index is 780. The summed E-state index contributed by atoms with van der Waals surface area (Å²) < 4.78 is 26.7. The van der Waals surface area contributed by atoms with Crippen LogP contribution in [0.15, 0.2) is 24.3 Å². The number of aromatic nitrogens is 1. The number of hydrogen-bond donors (Lipinski definition) is 2. The Balaban J connectivity index is 2.01. The molecule has 0 saturated carbocycles. The number of sulfonamides is 1. The molecule has 0 fully saturated rings. The summed E-state index contributed by atoms with van der Waals surface area (Å²) in [4.78, 5) is 15.9. The largest absolute Gasteiger partial charge is 0.478 e. The van der Waals surface area contributed by atoms with Gasteiger partial charge in [0.15, 0.2) is 0 Å². The van der Waals surface area contributed by atoms with E-state index in [9.17, 15) is 13.2 Å². The van der Waals surface area contributed by atoms with Crippen LogP contribution in [0, 0.1) is 13.8 Å². The lowest BCUT2D eigenvalue weighted by atomic mass is 10.1. The average molecular weight is 340 g/mol. The first kappa shape index (κ1) is 16.6. The van der Waals surface area contributed by atoms with Crippen LogP contribution in [0.5, 0.6) is 0 Å². The molecule has 2 rings (SSSR count). The van der Waals surface area contributed by atoms with E-state index in [-0.39, 0.29) is 17.9 Å². The Kier molecular flexibility index (Phi) is 4.94. The predicted molar refractivity (Wildman–Crippen MR) is 84.5 cm³/mol. The average Bonchev–Trinajstić information content (AvgIpc) is 2.75. The molecule has 0 unspecified atom stereocenters. The first-order chi connectivity index (χ1) is 10.3. The van der Waals surface area contributed by atoms with Crippen molar-refractivity contribution in [2.24, 2.45) is 0 Å². The Morgan fingerprint density at radius 2 is 1.91 bits per heavy atom. The number of nitrogens with zero attached hydrogens (tertiary/aromatic N) is 1. The van der Waals surface area contributed by atoms with Crippen molar-refractivity contribution in [3.8, 4) is 0 Å². The molecule has 1 aromatic carbocycles. The maximum Gasteiger partial charge on any atom is 0.335 e. The van der Waals surface area contributed by atoms with Gasteiger partial charge in [0.2, 0.25) is 10.0 Å². The number of carbonyl (C=O) groups is 1. The predicted octanol–water partition coefficient (Wildman–Crippen LogP) is 2.08. The molecule has 0 atom stereocenters. The zero-order chi connectivity index (χ0) is 16.3. The van der Waals surface area contributed by atoms with Crippen LogP contribution in [0.3, 0.4) is 0 Å². The molecule has 0 amide bonds. The van der Waals surface area contributed by atoms with Gasteiger partial charge in [-0.15, -0.1) is 11.3 Å². The van der Waals surface area contributed by atoms with E-state index in [1.165, 1.54) is 35.6 Å². The summed E-state index contributed by atoms with van der Waals surface area (Å²) in [6.45, 7) is 3.93. The van der Waals surface area contributed by atoms with E-state index >= 15 is 0 Å². The number of nitrogens with one attached hydrogen (secondary N) is 1. The quantitative estimate of drug-likeness (QED) is 0.839. The number of rotatable bonds is 6. The van der Waals surface area contributed by atoms with Gasteiger partial charge in [0.05, 0.1) is 22.0 Å². The molecule has 1 aromatic heterocycles. The molecule has 118 valence electrons. The molecule has 2 N–H and O–H groups in total. The fraction of sp³-hybridized carbons (Fsp3) is 0.286. The second kappa shape index (κ2) is 6.55. The molecular formula is C14H16N2O4S2. The monoisotopic (exact) mass is 340 g/mol. The van der Waals surface area contributed by atoms with Crippen molar-refractivity contribution in [1.29, 1.82) is 0 Å². The van der Waals surface area contributed by atoms with Crippen molar-refractivity contribution in [3.05, 3.63) is 51.0 Å². The zero-order valence-corrected chi connectivity index (χ0v) is 13.8. The standard InChI is InChI=1S/C14H16N2O4S2/c1-9-13(21-10(2)16-9)7-15-22(19,20)8-11-3-5-12(6-4-11)14(17)18/h3-6,15H,7-8H2,1-2H3,(H,17,18). The maximum absolute atomic E-state index is 12.1. The summed E-state index contributed by atoms with van der Waals surface area (Å²) in [6, 6.07) is 5.79. The lowest BCUT2D eigenvalue weighted by molar-refractivity contribution is 0.0697. The van der Waals surface area contributed by atoms with Crippen molar-refractivity contribution in [1.82, 2.24) is 9.71 Å². The number of carboxylic acids is 1. The zero-order valence-electron chi connectivity index (χ0n) is 12.2. The number of aryl methyl sites for hydroxylation is 2. The van der Waals surface area contributed by atoms with Gasteiger partial charge in [-0.2, -0.15) is 0 Å². The van der Waals surface area contributed by atoms with Gasteiger partial charge in [-0.1, -0.05) is 12.1 Å². The van der Waals surface area contributed by atoms with Crippen LogP contribution in [-0.2, 0) is 22.3 Å². The number of carboxylic acid groups (broad SMARTS) is 1. The van der Waals surface area contributed by atoms with Crippen LogP contribution in [-0.4, -0.2) is 24.5 Å². The Hall–Kier alpha value is -1.77. The highest BCUT2D eigenvalue weighted by Gasteiger charge is 2.14. The molecule has 0 radical (unpaired) electrons. The Morgan fingerprint density at radius 1 is 1.27 bits per heavy atom. The normalized spacial score (nSPS) is 11.5. The molecular weight excluding hydrogens is 324 g/mol. The highest BCUT2D eigenvalue weighted by atomic mass is 32.2. The number of benzene rings is 1. The summed E-state index contributed by atoms with van der Waals surface area (Å²) in [6.07, 6.45) is 0. The molecule has 0 aliphatic rings. The van der Waals surface area contributed by atoms with Crippen molar-refractivity contribution in [3.63, 3.8) is 0 Å². The molecule has 22 heavy (non-hydrogen) atoms. The van der Waals surface area contributed by atoms with E-state index < -0.39 is 16.0 Å². The smallest absolute Gasteiger partial charge is 0.335 e. The van der Waals surface area contributed by atoms with Gasteiger partial charge in [0, 0.05) is 11.4 Å². The number of thiazole rings is 1. The van der Waals surface area contributed by atoms with E-state index in [1.54, 1.807) is 0 Å². The lowest BCUT2D eigenvalue weighted by Gasteiger charge is -2.06. The SMILES string of the molecule is Cc1nc(C)c(CNS(=O)(=O)Cc2ccc(C(=O)O)cc2)s1. The van der Waals surface area contributed by atoms with E-state index in [4.69, 9.17) is 5.11 Å². The van der Waals surface area contributed by atoms with Gasteiger partial charge in [-0.05, 0) is 31.5 Å². The van der Waals surface area contributed by atoms with E-state index in [0.717, 1.165) is 15.6 Å². The van der Waals surface area contributed by atoms with Gasteiger partial charge in [-0.3, -0.25) is 0 Å². The second-order valence-electron chi connectivity index (χ2n) is 4.82. The molecule has 6 nitrogen and oxygen atoms in total. The molecule has 0 aliphatic heterocycles. The van der Waals surface area contributed by atoms with Crippen molar-refractivity contribution >= 4 is 27.3 Å². The van der Waals surface area contributed by atoms with E-state index in [2.05, 4.69) is 9.71 Å². The summed E-state index contributed by atoms with van der Waals surface area (Å²) in [5, 5.41) is 9.71. The molecule has 0 aliphatic carbocycles.